The zero-order chi connectivity index (χ0) is 19.4. The van der Waals surface area contributed by atoms with Gasteiger partial charge in [-0.15, -0.1) is 0 Å². The van der Waals surface area contributed by atoms with Crippen LogP contribution in [0.4, 0.5) is 0 Å². The molecule has 1 aliphatic rings. The summed E-state index contributed by atoms with van der Waals surface area (Å²) in [6.45, 7) is 7.28. The average molecular weight is 370 g/mol. The summed E-state index contributed by atoms with van der Waals surface area (Å²) in [6.07, 6.45) is 2.93. The number of nitrogens with zero attached hydrogens (tertiary/aromatic N) is 1. The van der Waals surface area contributed by atoms with Crippen molar-refractivity contribution in [3.05, 3.63) is 53.0 Å². The van der Waals surface area contributed by atoms with Gasteiger partial charge in [0.2, 0.25) is 0 Å². The lowest BCUT2D eigenvalue weighted by molar-refractivity contribution is -0.134. The molecule has 2 heterocycles. The van der Waals surface area contributed by atoms with Crippen molar-refractivity contribution < 1.29 is 18.7 Å². The van der Waals surface area contributed by atoms with E-state index in [1.807, 2.05) is 26.8 Å². The van der Waals surface area contributed by atoms with E-state index in [1.54, 1.807) is 17.0 Å². The molecule has 1 N–H and O–H groups in total. The van der Waals surface area contributed by atoms with Crippen LogP contribution in [-0.4, -0.2) is 42.5 Å². The van der Waals surface area contributed by atoms with Crippen molar-refractivity contribution in [2.24, 2.45) is 0 Å². The van der Waals surface area contributed by atoms with Gasteiger partial charge in [-0.2, -0.15) is 0 Å². The molecule has 1 aromatic heterocycles. The molecule has 144 valence electrons. The number of aryl methyl sites for hydroxylation is 2. The average Bonchev–Trinajstić information content (AvgIpc) is 3.20. The number of hydrogen-bond acceptors (Lipinski definition) is 4. The van der Waals surface area contributed by atoms with Crippen LogP contribution in [0.25, 0.3) is 0 Å². The Kier molecular flexibility index (Phi) is 5.84. The Balaban J connectivity index is 1.48. The minimum atomic E-state index is -0.210. The maximum atomic E-state index is 12.5. The monoisotopic (exact) mass is 370 g/mol. The van der Waals surface area contributed by atoms with E-state index in [9.17, 15) is 9.59 Å². The molecule has 1 saturated heterocycles. The molecule has 3 rings (SSSR count). The van der Waals surface area contributed by atoms with Gasteiger partial charge in [-0.25, -0.2) is 0 Å². The molecule has 6 nitrogen and oxygen atoms in total. The van der Waals surface area contributed by atoms with Crippen LogP contribution < -0.4 is 10.1 Å². The third kappa shape index (κ3) is 4.51. The molecule has 27 heavy (non-hydrogen) atoms. The zero-order valence-electron chi connectivity index (χ0n) is 16.1. The minimum absolute atomic E-state index is 0.0221. The second-order valence-electron chi connectivity index (χ2n) is 7.05. The maximum absolute atomic E-state index is 12.5. The molecule has 0 aliphatic carbocycles. The van der Waals surface area contributed by atoms with Gasteiger partial charge in [-0.3, -0.25) is 9.59 Å². The SMILES string of the molecule is Cc1ccc(C)c(OCC(=O)N2CCC(NC(=O)c3ccco3)CC2)c1C. The molecule has 2 aromatic rings. The Morgan fingerprint density at radius 2 is 1.85 bits per heavy atom. The molecule has 0 bridgehead atoms. The number of likely N-dealkylation sites (tertiary alicyclic amines) is 1. The molecule has 6 heteroatoms. The van der Waals surface area contributed by atoms with Crippen LogP contribution in [0.15, 0.2) is 34.9 Å². The van der Waals surface area contributed by atoms with Gasteiger partial charge in [0.05, 0.1) is 6.26 Å². The smallest absolute Gasteiger partial charge is 0.287 e. The van der Waals surface area contributed by atoms with Crippen LogP contribution in [0.5, 0.6) is 5.75 Å². The quantitative estimate of drug-likeness (QED) is 0.878. The lowest BCUT2D eigenvalue weighted by Gasteiger charge is -2.32. The first kappa shape index (κ1) is 19.0. The molecule has 0 radical (unpaired) electrons. The summed E-state index contributed by atoms with van der Waals surface area (Å²) < 4.78 is 10.9. The summed E-state index contributed by atoms with van der Waals surface area (Å²) in [6, 6.07) is 7.44. The van der Waals surface area contributed by atoms with Gasteiger partial charge in [0, 0.05) is 19.1 Å². The van der Waals surface area contributed by atoms with Crippen LogP contribution >= 0.6 is 0 Å². The third-order valence-corrected chi connectivity index (χ3v) is 5.14. The van der Waals surface area contributed by atoms with Crippen LogP contribution in [-0.2, 0) is 4.79 Å². The second kappa shape index (κ2) is 8.29. The Hall–Kier alpha value is -2.76. The molecule has 1 aromatic carbocycles. The van der Waals surface area contributed by atoms with E-state index >= 15 is 0 Å². The van der Waals surface area contributed by atoms with Crippen LogP contribution in [0, 0.1) is 20.8 Å². The van der Waals surface area contributed by atoms with Gasteiger partial charge in [-0.1, -0.05) is 12.1 Å². The van der Waals surface area contributed by atoms with Crippen molar-refractivity contribution in [2.75, 3.05) is 19.7 Å². The number of carbonyl (C=O) groups is 2. The number of carbonyl (C=O) groups excluding carboxylic acids is 2. The molecule has 2 amide bonds. The molecular formula is C21H26N2O4. The maximum Gasteiger partial charge on any atom is 0.287 e. The summed E-state index contributed by atoms with van der Waals surface area (Å²) in [5, 5.41) is 2.96. The first-order valence-corrected chi connectivity index (χ1v) is 9.27. The molecule has 1 fully saturated rings. The van der Waals surface area contributed by atoms with Gasteiger partial charge < -0.3 is 19.4 Å². The van der Waals surface area contributed by atoms with E-state index in [4.69, 9.17) is 9.15 Å². The van der Waals surface area contributed by atoms with Crippen molar-refractivity contribution >= 4 is 11.8 Å². The predicted octanol–water partition coefficient (Wildman–Crippen LogP) is 3.00. The number of amides is 2. The van der Waals surface area contributed by atoms with Crippen molar-refractivity contribution in [1.82, 2.24) is 10.2 Å². The molecule has 0 spiro atoms. The number of ether oxygens (including phenoxy) is 1. The van der Waals surface area contributed by atoms with E-state index in [1.165, 1.54) is 6.26 Å². The number of nitrogens with one attached hydrogen (secondary N) is 1. The van der Waals surface area contributed by atoms with Crippen LogP contribution in [0.1, 0.15) is 40.1 Å². The molecule has 0 atom stereocenters. The lowest BCUT2D eigenvalue weighted by atomic mass is 10.0. The molecule has 1 aliphatic heterocycles. The fourth-order valence-corrected chi connectivity index (χ4v) is 3.31. The molecule has 0 unspecified atom stereocenters. The van der Waals surface area contributed by atoms with Crippen molar-refractivity contribution in [3.8, 4) is 5.75 Å². The minimum Gasteiger partial charge on any atom is -0.483 e. The standard InChI is InChI=1S/C21H26N2O4/c1-14-6-7-15(2)20(16(14)3)27-13-19(24)23-10-8-17(9-11-23)22-21(25)18-5-4-12-26-18/h4-7,12,17H,8-11,13H2,1-3H3,(H,22,25). The summed E-state index contributed by atoms with van der Waals surface area (Å²) in [7, 11) is 0. The summed E-state index contributed by atoms with van der Waals surface area (Å²) >= 11 is 0. The van der Waals surface area contributed by atoms with Gasteiger partial charge in [-0.05, 0) is 62.4 Å². The van der Waals surface area contributed by atoms with E-state index in [2.05, 4.69) is 11.4 Å². The number of benzene rings is 1. The second-order valence-corrected chi connectivity index (χ2v) is 7.05. The van der Waals surface area contributed by atoms with Gasteiger partial charge in [0.1, 0.15) is 5.75 Å². The van der Waals surface area contributed by atoms with E-state index in [-0.39, 0.29) is 24.5 Å². The number of furan rings is 1. The number of piperidine rings is 1. The normalized spacial score (nSPS) is 14.9. The van der Waals surface area contributed by atoms with Crippen molar-refractivity contribution in [3.63, 3.8) is 0 Å². The lowest BCUT2D eigenvalue weighted by Crippen LogP contribution is -2.47. The number of hydrogen-bond donors (Lipinski definition) is 1. The largest absolute Gasteiger partial charge is 0.483 e. The third-order valence-electron chi connectivity index (χ3n) is 5.14. The van der Waals surface area contributed by atoms with Gasteiger partial charge >= 0.3 is 0 Å². The summed E-state index contributed by atoms with van der Waals surface area (Å²) in [5.74, 6) is 0.874. The molecule has 0 saturated carbocycles. The predicted molar refractivity (Wildman–Crippen MR) is 102 cm³/mol. The molecular weight excluding hydrogens is 344 g/mol. The van der Waals surface area contributed by atoms with Crippen molar-refractivity contribution in [2.45, 2.75) is 39.7 Å². The highest BCUT2D eigenvalue weighted by molar-refractivity contribution is 5.91. The Labute approximate surface area is 159 Å². The summed E-state index contributed by atoms with van der Waals surface area (Å²) in [5.41, 5.74) is 3.25. The highest BCUT2D eigenvalue weighted by Crippen LogP contribution is 2.25. The first-order valence-electron chi connectivity index (χ1n) is 9.27. The Morgan fingerprint density at radius 1 is 1.15 bits per heavy atom. The zero-order valence-corrected chi connectivity index (χ0v) is 16.1. The fourth-order valence-electron chi connectivity index (χ4n) is 3.31. The number of rotatable bonds is 5. The summed E-state index contributed by atoms with van der Waals surface area (Å²) in [4.78, 5) is 26.3. The highest BCUT2D eigenvalue weighted by atomic mass is 16.5. The highest BCUT2D eigenvalue weighted by Gasteiger charge is 2.25. The Morgan fingerprint density at radius 3 is 2.52 bits per heavy atom. The van der Waals surface area contributed by atoms with Crippen LogP contribution in [0.2, 0.25) is 0 Å². The fraction of sp³-hybridized carbons (Fsp3) is 0.429. The first-order chi connectivity index (χ1) is 13.0. The topological polar surface area (TPSA) is 71.8 Å². The van der Waals surface area contributed by atoms with Crippen LogP contribution in [0.3, 0.4) is 0 Å². The Bertz CT molecular complexity index is 806. The van der Waals surface area contributed by atoms with Gasteiger partial charge in [0.15, 0.2) is 12.4 Å². The van der Waals surface area contributed by atoms with E-state index < -0.39 is 0 Å². The van der Waals surface area contributed by atoms with E-state index in [0.717, 1.165) is 35.3 Å². The van der Waals surface area contributed by atoms with Crippen molar-refractivity contribution in [1.29, 1.82) is 0 Å². The van der Waals surface area contributed by atoms with E-state index in [0.29, 0.717) is 18.8 Å². The van der Waals surface area contributed by atoms with Gasteiger partial charge in [0.25, 0.3) is 11.8 Å².